The van der Waals surface area contributed by atoms with Gasteiger partial charge in [0.1, 0.15) is 0 Å². The lowest BCUT2D eigenvalue weighted by atomic mass is 9.84. The van der Waals surface area contributed by atoms with Crippen LogP contribution in [0.4, 0.5) is 0 Å². The van der Waals surface area contributed by atoms with Crippen LogP contribution < -0.4 is 0 Å². The molecule has 13 heavy (non-hydrogen) atoms. The van der Waals surface area contributed by atoms with Crippen LogP contribution in [0.1, 0.15) is 39.0 Å². The molecule has 0 spiro atoms. The van der Waals surface area contributed by atoms with Gasteiger partial charge >= 0.3 is 0 Å². The molecule has 0 heterocycles. The predicted molar refractivity (Wildman–Crippen MR) is 54.3 cm³/mol. The Hall–Kier alpha value is -0.550. The van der Waals surface area contributed by atoms with Crippen molar-refractivity contribution in [3.05, 3.63) is 0 Å². The van der Waals surface area contributed by atoms with Gasteiger partial charge in [-0.05, 0) is 32.9 Å². The van der Waals surface area contributed by atoms with E-state index in [0.29, 0.717) is 6.04 Å². The molecule has 2 atom stereocenters. The van der Waals surface area contributed by atoms with E-state index in [9.17, 15) is 0 Å². The minimum absolute atomic E-state index is 0.283. The first-order valence-corrected chi connectivity index (χ1v) is 5.39. The zero-order valence-electron chi connectivity index (χ0n) is 8.79. The van der Waals surface area contributed by atoms with Crippen LogP contribution in [0, 0.1) is 17.2 Å². The maximum absolute atomic E-state index is 9.00. The van der Waals surface area contributed by atoms with Gasteiger partial charge in [0.2, 0.25) is 0 Å². The van der Waals surface area contributed by atoms with Crippen molar-refractivity contribution in [2.24, 2.45) is 5.92 Å². The lowest BCUT2D eigenvalue weighted by Crippen LogP contribution is -2.39. The summed E-state index contributed by atoms with van der Waals surface area (Å²) in [6, 6.07) is 2.98. The van der Waals surface area contributed by atoms with Crippen LogP contribution in [0.25, 0.3) is 0 Å². The Bertz CT molecular complexity index is 183. The molecule has 1 aliphatic carbocycles. The van der Waals surface area contributed by atoms with Crippen LogP contribution >= 0.6 is 0 Å². The van der Waals surface area contributed by atoms with Crippen molar-refractivity contribution < 1.29 is 0 Å². The highest BCUT2D eigenvalue weighted by atomic mass is 15.1. The Kier molecular flexibility index (Phi) is 4.24. The molecule has 0 N–H and O–H groups in total. The highest BCUT2D eigenvalue weighted by Gasteiger charge is 2.27. The molecule has 1 aliphatic rings. The molecule has 0 aromatic heterocycles. The third kappa shape index (κ3) is 2.70. The molecule has 2 unspecified atom stereocenters. The van der Waals surface area contributed by atoms with Gasteiger partial charge in [-0.2, -0.15) is 5.26 Å². The molecular weight excluding hydrogens is 160 g/mol. The molecule has 2 heteroatoms. The van der Waals surface area contributed by atoms with Crippen molar-refractivity contribution >= 4 is 0 Å². The number of nitriles is 1. The molecule has 0 radical (unpaired) electrons. The highest BCUT2D eigenvalue weighted by molar-refractivity contribution is 4.94. The molecule has 2 nitrogen and oxygen atoms in total. The van der Waals surface area contributed by atoms with E-state index in [-0.39, 0.29) is 5.92 Å². The van der Waals surface area contributed by atoms with Gasteiger partial charge in [-0.3, -0.25) is 0 Å². The van der Waals surface area contributed by atoms with Crippen molar-refractivity contribution in [1.82, 2.24) is 4.90 Å². The van der Waals surface area contributed by atoms with Crippen LogP contribution in [0.5, 0.6) is 0 Å². The standard InChI is InChI=1S/C11H20N2/c1-3-8-13(2)11-7-5-4-6-10(11)9-12/h10-11H,3-8H2,1-2H3. The molecule has 0 aromatic carbocycles. The van der Waals surface area contributed by atoms with Crippen molar-refractivity contribution in [3.8, 4) is 6.07 Å². The zero-order chi connectivity index (χ0) is 9.68. The SMILES string of the molecule is CCCN(C)C1CCCCC1C#N. The van der Waals surface area contributed by atoms with Crippen molar-refractivity contribution in [1.29, 1.82) is 5.26 Å². The molecular formula is C11H20N2. The first kappa shape index (κ1) is 10.5. The molecule has 0 amide bonds. The largest absolute Gasteiger partial charge is 0.302 e. The fourth-order valence-electron chi connectivity index (χ4n) is 2.31. The minimum atomic E-state index is 0.283. The summed E-state index contributed by atoms with van der Waals surface area (Å²) in [5.41, 5.74) is 0. The summed E-state index contributed by atoms with van der Waals surface area (Å²) in [6.45, 7) is 3.32. The predicted octanol–water partition coefficient (Wildman–Crippen LogP) is 2.41. The van der Waals surface area contributed by atoms with E-state index in [1.165, 1.54) is 25.7 Å². The Morgan fingerprint density at radius 3 is 2.69 bits per heavy atom. The second kappa shape index (κ2) is 5.24. The van der Waals surface area contributed by atoms with Crippen LogP contribution in [-0.2, 0) is 0 Å². The van der Waals surface area contributed by atoms with Gasteiger partial charge in [0.15, 0.2) is 0 Å². The first-order chi connectivity index (χ1) is 6.29. The van der Waals surface area contributed by atoms with Crippen LogP contribution in [0.3, 0.4) is 0 Å². The van der Waals surface area contributed by atoms with Crippen LogP contribution in [0.2, 0.25) is 0 Å². The van der Waals surface area contributed by atoms with E-state index in [0.717, 1.165) is 13.0 Å². The average Bonchev–Trinajstić information content (AvgIpc) is 2.18. The van der Waals surface area contributed by atoms with E-state index in [1.54, 1.807) is 0 Å². The van der Waals surface area contributed by atoms with E-state index < -0.39 is 0 Å². The molecule has 0 aliphatic heterocycles. The summed E-state index contributed by atoms with van der Waals surface area (Å²) in [4.78, 5) is 2.37. The normalized spacial score (nSPS) is 28.8. The zero-order valence-corrected chi connectivity index (χ0v) is 8.79. The summed E-state index contributed by atoms with van der Waals surface area (Å²) in [6.07, 6.45) is 6.06. The van der Waals surface area contributed by atoms with Gasteiger partial charge in [0.25, 0.3) is 0 Å². The third-order valence-corrected chi connectivity index (χ3v) is 3.04. The fourth-order valence-corrected chi connectivity index (χ4v) is 2.31. The average molecular weight is 180 g/mol. The van der Waals surface area contributed by atoms with E-state index >= 15 is 0 Å². The van der Waals surface area contributed by atoms with E-state index in [4.69, 9.17) is 5.26 Å². The minimum Gasteiger partial charge on any atom is -0.302 e. The molecule has 1 saturated carbocycles. The topological polar surface area (TPSA) is 27.0 Å². The van der Waals surface area contributed by atoms with E-state index in [1.807, 2.05) is 0 Å². The lowest BCUT2D eigenvalue weighted by molar-refractivity contribution is 0.158. The van der Waals surface area contributed by atoms with Crippen LogP contribution in [0.15, 0.2) is 0 Å². The summed E-state index contributed by atoms with van der Waals surface area (Å²) >= 11 is 0. The fraction of sp³-hybridized carbons (Fsp3) is 0.909. The highest BCUT2D eigenvalue weighted by Crippen LogP contribution is 2.27. The summed E-state index contributed by atoms with van der Waals surface area (Å²) in [5, 5.41) is 9.00. The lowest BCUT2D eigenvalue weighted by Gasteiger charge is -2.34. The third-order valence-electron chi connectivity index (χ3n) is 3.04. The molecule has 1 rings (SSSR count). The second-order valence-electron chi connectivity index (χ2n) is 4.07. The first-order valence-electron chi connectivity index (χ1n) is 5.39. The molecule has 0 aromatic rings. The second-order valence-corrected chi connectivity index (χ2v) is 4.07. The van der Waals surface area contributed by atoms with Crippen molar-refractivity contribution in [3.63, 3.8) is 0 Å². The number of rotatable bonds is 3. The summed E-state index contributed by atoms with van der Waals surface area (Å²) in [5.74, 6) is 0.283. The van der Waals surface area contributed by atoms with Gasteiger partial charge in [0, 0.05) is 6.04 Å². The number of nitrogens with zero attached hydrogens (tertiary/aromatic N) is 2. The Morgan fingerprint density at radius 1 is 1.38 bits per heavy atom. The van der Waals surface area contributed by atoms with Gasteiger partial charge in [-0.15, -0.1) is 0 Å². The Morgan fingerprint density at radius 2 is 2.08 bits per heavy atom. The van der Waals surface area contributed by atoms with Gasteiger partial charge in [-0.1, -0.05) is 19.8 Å². The molecule has 1 fully saturated rings. The smallest absolute Gasteiger partial charge is 0.0672 e. The molecule has 74 valence electrons. The van der Waals surface area contributed by atoms with Crippen LogP contribution in [-0.4, -0.2) is 24.5 Å². The maximum Gasteiger partial charge on any atom is 0.0672 e. The van der Waals surface area contributed by atoms with Crippen molar-refractivity contribution in [2.75, 3.05) is 13.6 Å². The van der Waals surface area contributed by atoms with Gasteiger partial charge in [0.05, 0.1) is 12.0 Å². The number of hydrogen-bond acceptors (Lipinski definition) is 2. The molecule has 0 bridgehead atoms. The number of hydrogen-bond donors (Lipinski definition) is 0. The Balaban J connectivity index is 2.49. The maximum atomic E-state index is 9.00. The van der Waals surface area contributed by atoms with E-state index in [2.05, 4.69) is 24.9 Å². The summed E-state index contributed by atoms with van der Waals surface area (Å²) in [7, 11) is 2.16. The van der Waals surface area contributed by atoms with Gasteiger partial charge in [-0.25, -0.2) is 0 Å². The van der Waals surface area contributed by atoms with Gasteiger partial charge < -0.3 is 4.90 Å². The monoisotopic (exact) mass is 180 g/mol. The van der Waals surface area contributed by atoms with Crippen molar-refractivity contribution in [2.45, 2.75) is 45.1 Å². The quantitative estimate of drug-likeness (QED) is 0.667. The Labute approximate surface area is 81.5 Å². The molecule has 0 saturated heterocycles. The summed E-state index contributed by atoms with van der Waals surface area (Å²) < 4.78 is 0.